The fraction of sp³-hybridized carbons (Fsp3) is 0.500. The maximum absolute atomic E-state index is 12.6. The van der Waals surface area contributed by atoms with E-state index in [0.717, 1.165) is 60.4 Å². The van der Waals surface area contributed by atoms with Crippen molar-refractivity contribution < 1.29 is 9.59 Å². The number of aromatic nitrogens is 1. The largest absolute Gasteiger partial charge is 0.396 e. The summed E-state index contributed by atoms with van der Waals surface area (Å²) in [4.78, 5) is 30.0. The number of carbonyl (C=O) groups excluding carboxylic acids is 2. The van der Waals surface area contributed by atoms with Crippen molar-refractivity contribution in [1.29, 1.82) is 0 Å². The van der Waals surface area contributed by atoms with Crippen LogP contribution < -0.4 is 16.4 Å². The highest BCUT2D eigenvalue weighted by Crippen LogP contribution is 2.40. The molecule has 0 bridgehead atoms. The van der Waals surface area contributed by atoms with E-state index in [-0.39, 0.29) is 17.7 Å². The van der Waals surface area contributed by atoms with Gasteiger partial charge in [0.05, 0.1) is 11.1 Å². The van der Waals surface area contributed by atoms with Crippen molar-refractivity contribution in [2.45, 2.75) is 58.3 Å². The molecule has 3 aliphatic rings. The van der Waals surface area contributed by atoms with Gasteiger partial charge < -0.3 is 16.4 Å². The van der Waals surface area contributed by atoms with Gasteiger partial charge in [0.25, 0.3) is 5.91 Å². The maximum Gasteiger partial charge on any atom is 0.254 e. The summed E-state index contributed by atoms with van der Waals surface area (Å²) in [5.74, 6) is 0.941. The third kappa shape index (κ3) is 7.38. The van der Waals surface area contributed by atoms with E-state index in [1.165, 1.54) is 29.7 Å². The molecule has 5 rings (SSSR count). The van der Waals surface area contributed by atoms with Gasteiger partial charge >= 0.3 is 0 Å². The molecule has 8 heteroatoms. The molecule has 0 unspecified atom stereocenters. The van der Waals surface area contributed by atoms with Crippen LogP contribution in [0.25, 0.3) is 0 Å². The number of thiophene rings is 1. The molecule has 2 fully saturated rings. The van der Waals surface area contributed by atoms with Crippen molar-refractivity contribution >= 4 is 45.9 Å². The van der Waals surface area contributed by atoms with Gasteiger partial charge in [-0.05, 0) is 81.9 Å². The molecule has 172 valence electrons. The number of thiocarbonyl (C=S) groups is 1. The van der Waals surface area contributed by atoms with E-state index in [9.17, 15) is 9.59 Å². The van der Waals surface area contributed by atoms with E-state index in [2.05, 4.69) is 33.6 Å². The summed E-state index contributed by atoms with van der Waals surface area (Å²) >= 11 is 5.67. The maximum atomic E-state index is 12.6. The Morgan fingerprint density at radius 2 is 1.94 bits per heavy atom. The summed E-state index contributed by atoms with van der Waals surface area (Å²) in [6, 6.07) is 5.86. The number of anilines is 1. The Balaban J connectivity index is 0.000000242. The van der Waals surface area contributed by atoms with E-state index in [4.69, 9.17) is 0 Å². The molecular formula is C24H32N4O2S2. The highest BCUT2D eigenvalue weighted by Gasteiger charge is 2.33. The van der Waals surface area contributed by atoms with Gasteiger partial charge in [-0.3, -0.25) is 14.6 Å². The fourth-order valence-corrected chi connectivity index (χ4v) is 4.84. The lowest BCUT2D eigenvalue weighted by atomic mass is 9.95. The number of amides is 2. The highest BCUT2D eigenvalue weighted by molar-refractivity contribution is 7.78. The Morgan fingerprint density at radius 1 is 1.22 bits per heavy atom. The minimum Gasteiger partial charge on any atom is -0.396 e. The first-order valence-corrected chi connectivity index (χ1v) is 12.6. The molecule has 0 aliphatic heterocycles. The number of hydrogen-bond donors (Lipinski definition) is 3. The third-order valence-corrected chi connectivity index (χ3v) is 6.85. The monoisotopic (exact) mass is 472 g/mol. The van der Waals surface area contributed by atoms with Crippen LogP contribution in [0.2, 0.25) is 0 Å². The van der Waals surface area contributed by atoms with Crippen molar-refractivity contribution in [2.24, 2.45) is 17.6 Å². The van der Waals surface area contributed by atoms with E-state index in [0.29, 0.717) is 5.92 Å². The van der Waals surface area contributed by atoms with Crippen LogP contribution in [0.15, 0.2) is 24.4 Å². The Kier molecular flexibility index (Phi) is 9.17. The summed E-state index contributed by atoms with van der Waals surface area (Å²) in [5.41, 5.74) is 8.64. The van der Waals surface area contributed by atoms with Crippen molar-refractivity contribution in [3.05, 3.63) is 46.1 Å². The van der Waals surface area contributed by atoms with Crippen LogP contribution in [0.3, 0.4) is 0 Å². The van der Waals surface area contributed by atoms with Crippen LogP contribution in [0.4, 0.5) is 5.00 Å². The molecule has 4 N–H and O–H groups in total. The molecule has 32 heavy (non-hydrogen) atoms. The predicted molar refractivity (Wildman–Crippen MR) is 134 cm³/mol. The minimum absolute atomic E-state index is 0.0115. The zero-order valence-corrected chi connectivity index (χ0v) is 20.2. The number of rotatable bonds is 5. The number of aryl methyl sites for hydroxylation is 2. The summed E-state index contributed by atoms with van der Waals surface area (Å²) in [5, 5.41) is 6.89. The first-order valence-electron chi connectivity index (χ1n) is 11.3. The third-order valence-electron chi connectivity index (χ3n) is 5.64. The molecule has 0 atom stereocenters. The number of nitrogens with one attached hydrogen (secondary N) is 2. The second-order valence-electron chi connectivity index (χ2n) is 8.44. The quantitative estimate of drug-likeness (QED) is 0.560. The lowest BCUT2D eigenvalue weighted by molar-refractivity contribution is -0.117. The molecule has 0 spiro atoms. The highest BCUT2D eigenvalue weighted by atomic mass is 32.1. The molecule has 2 aromatic heterocycles. The first-order chi connectivity index (χ1) is 15.5. The van der Waals surface area contributed by atoms with Crippen molar-refractivity contribution in [2.75, 3.05) is 11.9 Å². The first kappa shape index (κ1) is 24.3. The molecule has 3 aliphatic carbocycles. The predicted octanol–water partition coefficient (Wildman–Crippen LogP) is 4.41. The lowest BCUT2D eigenvalue weighted by Gasteiger charge is -2.13. The van der Waals surface area contributed by atoms with Gasteiger partial charge in [0.1, 0.15) is 5.00 Å². The normalized spacial score (nSPS) is 16.3. The number of nitrogens with two attached hydrogens (primary N) is 1. The summed E-state index contributed by atoms with van der Waals surface area (Å²) in [6.45, 7) is 2.75. The van der Waals surface area contributed by atoms with Gasteiger partial charge in [0, 0.05) is 29.2 Å². The molecular weight excluding hydrogens is 440 g/mol. The molecule has 2 saturated carbocycles. The lowest BCUT2D eigenvalue weighted by Crippen LogP contribution is -2.27. The number of hydrogen-bond acceptors (Lipinski definition) is 5. The van der Waals surface area contributed by atoms with Gasteiger partial charge in [-0.25, -0.2) is 0 Å². The van der Waals surface area contributed by atoms with E-state index in [1.54, 1.807) is 17.5 Å². The standard InChI is InChI=1S/C17H22N2O2S.C6H7N.CH3NS/c20-15(11-7-8-11)19-17-14(16(21)18-9-10-5-6-10)12-3-1-2-4-13(12)22-17;1-6-4-2-3-5-7-6;2-1-3/h10-11H,1-9H2,(H,18,21)(H,19,20);2-5H,1H3;1H,(H2,2,3). The molecule has 6 nitrogen and oxygen atoms in total. The summed E-state index contributed by atoms with van der Waals surface area (Å²) < 4.78 is 0. The van der Waals surface area contributed by atoms with Crippen LogP contribution in [0.5, 0.6) is 0 Å². The number of pyridine rings is 1. The number of fused-ring (bicyclic) bond motifs is 1. The van der Waals surface area contributed by atoms with Gasteiger partial charge in [0.2, 0.25) is 5.91 Å². The molecule has 2 aromatic rings. The summed E-state index contributed by atoms with van der Waals surface area (Å²) in [7, 11) is 0. The molecule has 2 heterocycles. The van der Waals surface area contributed by atoms with E-state index >= 15 is 0 Å². The second kappa shape index (κ2) is 12.1. The molecule has 2 amide bonds. The van der Waals surface area contributed by atoms with Crippen molar-refractivity contribution in [3.8, 4) is 0 Å². The van der Waals surface area contributed by atoms with Crippen LogP contribution in [0, 0.1) is 18.8 Å². The topological polar surface area (TPSA) is 97.1 Å². The molecule has 0 aromatic carbocycles. The van der Waals surface area contributed by atoms with Gasteiger partial charge in [-0.15, -0.1) is 11.3 Å². The van der Waals surface area contributed by atoms with Crippen molar-refractivity contribution in [1.82, 2.24) is 10.3 Å². The van der Waals surface area contributed by atoms with Gasteiger partial charge in [0.15, 0.2) is 0 Å². The zero-order chi connectivity index (χ0) is 22.9. The fourth-order valence-electron chi connectivity index (χ4n) is 3.55. The zero-order valence-electron chi connectivity index (χ0n) is 18.6. The minimum atomic E-state index is 0.0115. The smallest absolute Gasteiger partial charge is 0.254 e. The molecule has 0 radical (unpaired) electrons. The van der Waals surface area contributed by atoms with E-state index in [1.807, 2.05) is 25.1 Å². The van der Waals surface area contributed by atoms with Gasteiger partial charge in [-0.1, -0.05) is 18.3 Å². The van der Waals surface area contributed by atoms with Crippen LogP contribution in [-0.2, 0) is 17.6 Å². The Hall–Kier alpha value is -2.32. The van der Waals surface area contributed by atoms with Crippen LogP contribution in [-0.4, -0.2) is 28.8 Å². The second-order valence-corrected chi connectivity index (χ2v) is 9.82. The van der Waals surface area contributed by atoms with Crippen LogP contribution >= 0.6 is 23.6 Å². The van der Waals surface area contributed by atoms with E-state index < -0.39 is 0 Å². The Bertz CT molecular complexity index is 922. The summed E-state index contributed by atoms with van der Waals surface area (Å²) in [6.07, 6.45) is 10.6. The Labute approximate surface area is 199 Å². The number of carbonyl (C=O) groups is 2. The average molecular weight is 473 g/mol. The average Bonchev–Trinajstić information content (AvgIpc) is 3.70. The van der Waals surface area contributed by atoms with Gasteiger partial charge in [-0.2, -0.15) is 0 Å². The Morgan fingerprint density at radius 3 is 2.50 bits per heavy atom. The SMILES string of the molecule is Cc1ccccn1.NC=S.O=C(NCC1CC1)c1c(NC(=O)C2CC2)sc2c1CCCC2. The van der Waals surface area contributed by atoms with Crippen molar-refractivity contribution in [3.63, 3.8) is 0 Å². The molecule has 0 saturated heterocycles. The van der Waals surface area contributed by atoms with Crippen LogP contribution in [0.1, 0.15) is 65.0 Å². The number of nitrogens with zero attached hydrogens (tertiary/aromatic N) is 1.